The van der Waals surface area contributed by atoms with Crippen molar-refractivity contribution < 1.29 is 19.2 Å². The minimum Gasteiger partial charge on any atom is -0.481 e. The van der Waals surface area contributed by atoms with Crippen molar-refractivity contribution in [3.8, 4) is 11.5 Å². The van der Waals surface area contributed by atoms with Crippen molar-refractivity contribution in [2.75, 3.05) is 18.4 Å². The molecule has 3 aromatic rings. The first-order valence-electron chi connectivity index (χ1n) is 8.83. The second-order valence-electron chi connectivity index (χ2n) is 6.67. The predicted molar refractivity (Wildman–Crippen MR) is 101 cm³/mol. The normalized spacial score (nSPS) is 14.4. The van der Waals surface area contributed by atoms with Gasteiger partial charge in [-0.25, -0.2) is 0 Å². The zero-order chi connectivity index (χ0) is 19.5. The summed E-state index contributed by atoms with van der Waals surface area (Å²) < 4.78 is 5.15. The van der Waals surface area contributed by atoms with E-state index in [2.05, 4.69) is 20.4 Å². The van der Waals surface area contributed by atoms with E-state index in [-0.39, 0.29) is 17.6 Å². The highest BCUT2D eigenvalue weighted by Crippen LogP contribution is 2.20. The van der Waals surface area contributed by atoms with E-state index in [1.807, 2.05) is 42.5 Å². The van der Waals surface area contributed by atoms with Gasteiger partial charge in [0, 0.05) is 30.9 Å². The Morgan fingerprint density at radius 1 is 1.11 bits per heavy atom. The van der Waals surface area contributed by atoms with E-state index in [0.29, 0.717) is 25.3 Å². The molecular weight excluding hydrogens is 360 g/mol. The van der Waals surface area contributed by atoms with E-state index < -0.39 is 11.9 Å². The number of aliphatic carboxylic acids is 1. The molecule has 2 aromatic carbocycles. The van der Waals surface area contributed by atoms with Crippen LogP contribution in [0, 0.1) is 5.92 Å². The monoisotopic (exact) mass is 378 g/mol. The fraction of sp³-hybridized carbons (Fsp3) is 0.200. The molecule has 1 aromatic heterocycles. The average Bonchev–Trinajstić information content (AvgIpc) is 3.16. The number of rotatable bonds is 6. The van der Waals surface area contributed by atoms with Gasteiger partial charge in [0.15, 0.2) is 0 Å². The number of nitrogens with zero attached hydrogens (tertiary/aromatic N) is 3. The van der Waals surface area contributed by atoms with Gasteiger partial charge in [-0.2, -0.15) is 4.98 Å². The summed E-state index contributed by atoms with van der Waals surface area (Å²) >= 11 is 0. The lowest BCUT2D eigenvalue weighted by molar-refractivity contribution is -0.147. The molecule has 0 radical (unpaired) electrons. The van der Waals surface area contributed by atoms with Crippen LogP contribution in [0.25, 0.3) is 11.5 Å². The van der Waals surface area contributed by atoms with Crippen LogP contribution < -0.4 is 5.32 Å². The Kier molecular flexibility index (Phi) is 4.86. The average molecular weight is 378 g/mol. The van der Waals surface area contributed by atoms with Gasteiger partial charge in [-0.1, -0.05) is 35.5 Å². The Balaban J connectivity index is 1.34. The molecule has 8 nitrogen and oxygen atoms in total. The van der Waals surface area contributed by atoms with Crippen molar-refractivity contribution in [2.45, 2.75) is 6.54 Å². The zero-order valence-electron chi connectivity index (χ0n) is 14.9. The highest BCUT2D eigenvalue weighted by atomic mass is 16.5. The molecule has 142 valence electrons. The largest absolute Gasteiger partial charge is 0.481 e. The number of hydrogen-bond acceptors (Lipinski definition) is 6. The van der Waals surface area contributed by atoms with Crippen LogP contribution in [0.4, 0.5) is 5.69 Å². The lowest BCUT2D eigenvalue weighted by Crippen LogP contribution is -2.49. The summed E-state index contributed by atoms with van der Waals surface area (Å²) in [5.41, 5.74) is 2.41. The minimum absolute atomic E-state index is 0.0387. The number of carboxylic acids is 1. The van der Waals surface area contributed by atoms with E-state index in [1.165, 1.54) is 0 Å². The molecule has 1 fully saturated rings. The molecule has 1 saturated heterocycles. The number of carbonyl (C=O) groups is 2. The molecule has 4 rings (SSSR count). The maximum atomic E-state index is 12.3. The van der Waals surface area contributed by atoms with Crippen LogP contribution in [0.3, 0.4) is 0 Å². The second-order valence-corrected chi connectivity index (χ2v) is 6.67. The third kappa shape index (κ3) is 3.91. The van der Waals surface area contributed by atoms with Gasteiger partial charge >= 0.3 is 5.97 Å². The summed E-state index contributed by atoms with van der Waals surface area (Å²) in [6.07, 6.45) is 0. The second kappa shape index (κ2) is 7.61. The molecule has 1 aliphatic heterocycles. The third-order valence-corrected chi connectivity index (χ3v) is 4.57. The van der Waals surface area contributed by atoms with Gasteiger partial charge in [0.1, 0.15) is 0 Å². The summed E-state index contributed by atoms with van der Waals surface area (Å²) in [6, 6.07) is 16.6. The molecule has 1 amide bonds. The molecule has 1 aliphatic rings. The first-order valence-corrected chi connectivity index (χ1v) is 8.83. The first-order chi connectivity index (χ1) is 13.6. The quantitative estimate of drug-likeness (QED) is 0.678. The number of carboxylic acid groups (broad SMARTS) is 1. The number of likely N-dealkylation sites (tertiary alicyclic amines) is 1. The first kappa shape index (κ1) is 17.9. The smallest absolute Gasteiger partial charge is 0.309 e. The molecule has 2 heterocycles. The summed E-state index contributed by atoms with van der Waals surface area (Å²) in [6.45, 7) is 1.81. The highest BCUT2D eigenvalue weighted by Gasteiger charge is 2.32. The number of anilines is 1. The van der Waals surface area contributed by atoms with E-state index in [4.69, 9.17) is 9.63 Å². The molecule has 8 heteroatoms. The highest BCUT2D eigenvalue weighted by molar-refractivity contribution is 6.01. The van der Waals surface area contributed by atoms with Crippen LogP contribution in [0.15, 0.2) is 59.1 Å². The van der Waals surface area contributed by atoms with E-state index >= 15 is 0 Å². The van der Waals surface area contributed by atoms with Crippen LogP contribution in [0.2, 0.25) is 0 Å². The number of nitrogens with one attached hydrogen (secondary N) is 1. The lowest BCUT2D eigenvalue weighted by atomic mass is 9.99. The summed E-state index contributed by atoms with van der Waals surface area (Å²) in [4.78, 5) is 29.4. The van der Waals surface area contributed by atoms with Crippen molar-refractivity contribution in [1.29, 1.82) is 0 Å². The Morgan fingerprint density at radius 2 is 1.82 bits per heavy atom. The lowest BCUT2D eigenvalue weighted by Gasteiger charge is -2.36. The maximum Gasteiger partial charge on any atom is 0.309 e. The molecule has 0 saturated carbocycles. The number of hydrogen-bond donors (Lipinski definition) is 2. The SMILES string of the molecule is O=C(Nc1ccc(CN2CC(C(=O)O)C2)cc1)c1noc(-c2ccccc2)n1. The summed E-state index contributed by atoms with van der Waals surface area (Å²) in [5, 5.41) is 15.4. The fourth-order valence-electron chi connectivity index (χ4n) is 3.01. The van der Waals surface area contributed by atoms with Gasteiger partial charge in [0.2, 0.25) is 0 Å². The Morgan fingerprint density at radius 3 is 2.50 bits per heavy atom. The molecule has 0 spiro atoms. The molecule has 28 heavy (non-hydrogen) atoms. The van der Waals surface area contributed by atoms with E-state index in [9.17, 15) is 9.59 Å². The number of aromatic nitrogens is 2. The van der Waals surface area contributed by atoms with Crippen molar-refractivity contribution in [3.05, 3.63) is 66.0 Å². The van der Waals surface area contributed by atoms with Gasteiger partial charge in [0.25, 0.3) is 17.6 Å². The van der Waals surface area contributed by atoms with Crippen molar-refractivity contribution >= 4 is 17.6 Å². The van der Waals surface area contributed by atoms with Crippen LogP contribution in [-0.2, 0) is 11.3 Å². The molecule has 0 unspecified atom stereocenters. The van der Waals surface area contributed by atoms with Crippen molar-refractivity contribution in [3.63, 3.8) is 0 Å². The summed E-state index contributed by atoms with van der Waals surface area (Å²) in [5.74, 6) is -1.22. The van der Waals surface area contributed by atoms with Crippen LogP contribution >= 0.6 is 0 Å². The Bertz CT molecular complexity index is 979. The minimum atomic E-state index is -0.744. The van der Waals surface area contributed by atoms with Gasteiger partial charge in [-0.15, -0.1) is 0 Å². The van der Waals surface area contributed by atoms with Gasteiger partial charge in [-0.3, -0.25) is 14.5 Å². The van der Waals surface area contributed by atoms with Gasteiger partial charge in [-0.05, 0) is 29.8 Å². The number of carbonyl (C=O) groups excluding carboxylic acids is 1. The maximum absolute atomic E-state index is 12.3. The molecule has 0 aliphatic carbocycles. The molecule has 2 N–H and O–H groups in total. The zero-order valence-corrected chi connectivity index (χ0v) is 14.9. The molecule has 0 atom stereocenters. The number of amides is 1. The standard InChI is InChI=1S/C20H18N4O4/c25-18(17-22-19(28-23-17)14-4-2-1-3-5-14)21-16-8-6-13(7-9-16)10-24-11-15(12-24)20(26)27/h1-9,15H,10-12H2,(H,21,25)(H,26,27). The Hall–Kier alpha value is -3.52. The fourth-order valence-corrected chi connectivity index (χ4v) is 3.01. The third-order valence-electron chi connectivity index (χ3n) is 4.57. The number of benzene rings is 2. The Labute approximate surface area is 160 Å². The van der Waals surface area contributed by atoms with Gasteiger partial charge in [0.05, 0.1) is 5.92 Å². The van der Waals surface area contributed by atoms with Gasteiger partial charge < -0.3 is 14.9 Å². The summed E-state index contributed by atoms with van der Waals surface area (Å²) in [7, 11) is 0. The molecular formula is C20H18N4O4. The topological polar surface area (TPSA) is 109 Å². The van der Waals surface area contributed by atoms with Crippen LogP contribution in [-0.4, -0.2) is 45.1 Å². The molecule has 0 bridgehead atoms. The predicted octanol–water partition coefficient (Wildman–Crippen LogP) is 2.51. The van der Waals surface area contributed by atoms with Crippen molar-refractivity contribution in [2.24, 2.45) is 5.92 Å². The van der Waals surface area contributed by atoms with Crippen LogP contribution in [0.1, 0.15) is 16.2 Å². The van der Waals surface area contributed by atoms with Crippen LogP contribution in [0.5, 0.6) is 0 Å². The van der Waals surface area contributed by atoms with Crippen molar-refractivity contribution in [1.82, 2.24) is 15.0 Å². The van der Waals surface area contributed by atoms with E-state index in [1.54, 1.807) is 12.1 Å². The van der Waals surface area contributed by atoms with E-state index in [0.717, 1.165) is 11.1 Å².